The van der Waals surface area contributed by atoms with Gasteiger partial charge in [0, 0.05) is 30.9 Å². The summed E-state index contributed by atoms with van der Waals surface area (Å²) >= 11 is 5.15. The lowest BCUT2D eigenvalue weighted by atomic mass is 10.2. The predicted molar refractivity (Wildman–Crippen MR) is 82.4 cm³/mol. The highest BCUT2D eigenvalue weighted by atomic mass is 32.1. The van der Waals surface area contributed by atoms with Crippen molar-refractivity contribution in [2.75, 3.05) is 23.3 Å². The van der Waals surface area contributed by atoms with Crippen LogP contribution in [0.15, 0.2) is 36.9 Å². The number of carbonyl (C=O) groups is 1. The van der Waals surface area contributed by atoms with Gasteiger partial charge in [-0.1, -0.05) is 12.1 Å². The van der Waals surface area contributed by atoms with Crippen molar-refractivity contribution in [2.45, 2.75) is 12.8 Å². The van der Waals surface area contributed by atoms with Crippen molar-refractivity contribution in [1.29, 1.82) is 0 Å². The van der Waals surface area contributed by atoms with Gasteiger partial charge in [0.05, 0.1) is 0 Å². The highest BCUT2D eigenvalue weighted by molar-refractivity contribution is 7.80. The maximum absolute atomic E-state index is 11.7. The zero-order valence-corrected chi connectivity index (χ0v) is 11.5. The number of amides is 1. The van der Waals surface area contributed by atoms with Crippen LogP contribution in [0, 0.1) is 0 Å². The van der Waals surface area contributed by atoms with E-state index in [-0.39, 0.29) is 5.91 Å². The second-order valence-corrected chi connectivity index (χ2v) is 4.73. The van der Waals surface area contributed by atoms with Crippen LogP contribution in [0.5, 0.6) is 0 Å². The van der Waals surface area contributed by atoms with Crippen LogP contribution in [0.25, 0.3) is 0 Å². The summed E-state index contributed by atoms with van der Waals surface area (Å²) in [7, 11) is 0. The number of nitrogens with zero attached hydrogens (tertiary/aromatic N) is 1. The topological polar surface area (TPSA) is 44.4 Å². The SMILES string of the molecule is C=CCNC(=S)Nc1cccc(N2CCCC2=O)c1. The van der Waals surface area contributed by atoms with E-state index in [4.69, 9.17) is 12.2 Å². The molecule has 1 aromatic carbocycles. The highest BCUT2D eigenvalue weighted by Gasteiger charge is 2.21. The number of nitrogens with one attached hydrogen (secondary N) is 2. The molecule has 0 unspecified atom stereocenters. The normalized spacial score (nSPS) is 14.3. The molecule has 0 saturated carbocycles. The lowest BCUT2D eigenvalue weighted by Crippen LogP contribution is -2.28. The van der Waals surface area contributed by atoms with Gasteiger partial charge in [-0.05, 0) is 36.8 Å². The highest BCUT2D eigenvalue weighted by Crippen LogP contribution is 2.24. The molecule has 1 amide bonds. The minimum atomic E-state index is 0.185. The van der Waals surface area contributed by atoms with Crippen LogP contribution >= 0.6 is 12.2 Å². The first-order valence-corrected chi connectivity index (χ1v) is 6.67. The predicted octanol–water partition coefficient (Wildman–Crippen LogP) is 2.29. The zero-order valence-electron chi connectivity index (χ0n) is 10.7. The maximum Gasteiger partial charge on any atom is 0.227 e. The minimum Gasteiger partial charge on any atom is -0.359 e. The molecule has 1 fully saturated rings. The summed E-state index contributed by atoms with van der Waals surface area (Å²) in [6.07, 6.45) is 3.31. The van der Waals surface area contributed by atoms with E-state index in [0.717, 1.165) is 24.3 Å². The van der Waals surface area contributed by atoms with E-state index < -0.39 is 0 Å². The second-order valence-electron chi connectivity index (χ2n) is 4.32. The van der Waals surface area contributed by atoms with Crippen molar-refractivity contribution in [3.63, 3.8) is 0 Å². The first-order chi connectivity index (χ1) is 9.20. The summed E-state index contributed by atoms with van der Waals surface area (Å²) in [5, 5.41) is 6.64. The van der Waals surface area contributed by atoms with Crippen LogP contribution in [-0.4, -0.2) is 24.1 Å². The fourth-order valence-electron chi connectivity index (χ4n) is 2.01. The Morgan fingerprint density at radius 3 is 3.05 bits per heavy atom. The molecule has 1 aromatic rings. The number of hydrogen-bond donors (Lipinski definition) is 2. The van der Waals surface area contributed by atoms with Gasteiger partial charge in [0.2, 0.25) is 5.91 Å². The van der Waals surface area contributed by atoms with Crippen LogP contribution in [-0.2, 0) is 4.79 Å². The average molecular weight is 275 g/mol. The molecule has 0 radical (unpaired) electrons. The molecule has 1 heterocycles. The lowest BCUT2D eigenvalue weighted by Gasteiger charge is -2.17. The summed E-state index contributed by atoms with van der Waals surface area (Å²) in [5.41, 5.74) is 1.79. The quantitative estimate of drug-likeness (QED) is 0.653. The van der Waals surface area contributed by atoms with E-state index in [1.165, 1.54) is 0 Å². The van der Waals surface area contributed by atoms with Gasteiger partial charge in [-0.25, -0.2) is 0 Å². The molecule has 0 bridgehead atoms. The number of benzene rings is 1. The number of thiocarbonyl (C=S) groups is 1. The molecule has 0 spiro atoms. The Labute approximate surface area is 118 Å². The fourth-order valence-corrected chi connectivity index (χ4v) is 2.21. The van der Waals surface area contributed by atoms with E-state index in [2.05, 4.69) is 17.2 Å². The Kier molecular flexibility index (Phi) is 4.52. The van der Waals surface area contributed by atoms with Crippen molar-refractivity contribution in [3.8, 4) is 0 Å². The molecule has 1 aliphatic rings. The number of carbonyl (C=O) groups excluding carboxylic acids is 1. The van der Waals surface area contributed by atoms with Crippen molar-refractivity contribution in [2.24, 2.45) is 0 Å². The van der Waals surface area contributed by atoms with E-state index in [1.807, 2.05) is 29.2 Å². The average Bonchev–Trinajstić information content (AvgIpc) is 2.83. The molecule has 19 heavy (non-hydrogen) atoms. The second kappa shape index (κ2) is 6.33. The molecule has 2 rings (SSSR count). The number of rotatable bonds is 4. The number of anilines is 2. The van der Waals surface area contributed by atoms with Gasteiger partial charge in [-0.2, -0.15) is 0 Å². The summed E-state index contributed by atoms with van der Waals surface area (Å²) < 4.78 is 0. The van der Waals surface area contributed by atoms with Gasteiger partial charge in [0.25, 0.3) is 0 Å². The molecule has 100 valence electrons. The van der Waals surface area contributed by atoms with Crippen LogP contribution in [0.1, 0.15) is 12.8 Å². The van der Waals surface area contributed by atoms with Crippen LogP contribution in [0.4, 0.5) is 11.4 Å². The molecule has 5 heteroatoms. The summed E-state index contributed by atoms with van der Waals surface area (Å²) in [5.74, 6) is 0.185. The Morgan fingerprint density at radius 1 is 1.53 bits per heavy atom. The molecular weight excluding hydrogens is 258 g/mol. The van der Waals surface area contributed by atoms with Gasteiger partial charge in [0.1, 0.15) is 0 Å². The Hall–Kier alpha value is -1.88. The number of hydrogen-bond acceptors (Lipinski definition) is 2. The maximum atomic E-state index is 11.7. The van der Waals surface area contributed by atoms with Crippen molar-refractivity contribution >= 4 is 34.6 Å². The van der Waals surface area contributed by atoms with Crippen molar-refractivity contribution in [3.05, 3.63) is 36.9 Å². The van der Waals surface area contributed by atoms with Crippen molar-refractivity contribution < 1.29 is 4.79 Å². The van der Waals surface area contributed by atoms with E-state index in [0.29, 0.717) is 18.1 Å². The zero-order chi connectivity index (χ0) is 13.7. The minimum absolute atomic E-state index is 0.185. The molecule has 1 saturated heterocycles. The summed E-state index contributed by atoms with van der Waals surface area (Å²) in [4.78, 5) is 13.5. The largest absolute Gasteiger partial charge is 0.359 e. The molecule has 2 N–H and O–H groups in total. The molecule has 0 aromatic heterocycles. The first kappa shape index (κ1) is 13.5. The van der Waals surface area contributed by atoms with E-state index in [1.54, 1.807) is 6.08 Å². The third kappa shape index (κ3) is 3.54. The molecule has 1 aliphatic heterocycles. The van der Waals surface area contributed by atoms with Crippen LogP contribution < -0.4 is 15.5 Å². The van der Waals surface area contributed by atoms with E-state index in [9.17, 15) is 4.79 Å². The van der Waals surface area contributed by atoms with Gasteiger partial charge >= 0.3 is 0 Å². The first-order valence-electron chi connectivity index (χ1n) is 6.27. The summed E-state index contributed by atoms with van der Waals surface area (Å²) in [6.45, 7) is 5.03. The lowest BCUT2D eigenvalue weighted by molar-refractivity contribution is -0.117. The molecule has 0 atom stereocenters. The molecule has 0 aliphatic carbocycles. The fraction of sp³-hybridized carbons (Fsp3) is 0.286. The monoisotopic (exact) mass is 275 g/mol. The van der Waals surface area contributed by atoms with Gasteiger partial charge < -0.3 is 15.5 Å². The third-order valence-electron chi connectivity index (χ3n) is 2.90. The Bertz CT molecular complexity index is 501. The third-order valence-corrected chi connectivity index (χ3v) is 3.14. The smallest absolute Gasteiger partial charge is 0.227 e. The van der Waals surface area contributed by atoms with Crippen LogP contribution in [0.2, 0.25) is 0 Å². The molecular formula is C14H17N3OS. The summed E-state index contributed by atoms with van der Waals surface area (Å²) in [6, 6.07) is 7.71. The molecule has 4 nitrogen and oxygen atoms in total. The van der Waals surface area contributed by atoms with Gasteiger partial charge in [-0.15, -0.1) is 6.58 Å². The van der Waals surface area contributed by atoms with Crippen molar-refractivity contribution in [1.82, 2.24) is 5.32 Å². The van der Waals surface area contributed by atoms with Gasteiger partial charge in [0.15, 0.2) is 5.11 Å². The Balaban J connectivity index is 2.04. The van der Waals surface area contributed by atoms with E-state index >= 15 is 0 Å². The van der Waals surface area contributed by atoms with Crippen LogP contribution in [0.3, 0.4) is 0 Å². The standard InChI is InChI=1S/C14H17N3OS/c1-2-8-15-14(19)16-11-5-3-6-12(10-11)17-9-4-7-13(17)18/h2-3,5-6,10H,1,4,7-9H2,(H2,15,16,19). The van der Waals surface area contributed by atoms with Gasteiger partial charge in [-0.3, -0.25) is 4.79 Å². The Morgan fingerprint density at radius 2 is 2.37 bits per heavy atom.